The maximum Gasteiger partial charge on any atom is 0.0464 e. The van der Waals surface area contributed by atoms with E-state index in [-0.39, 0.29) is 0 Å². The molecule has 2 aliphatic rings. The first-order valence-corrected chi connectivity index (χ1v) is 28.0. The van der Waals surface area contributed by atoms with Gasteiger partial charge >= 0.3 is 0 Å². The zero-order valence-corrected chi connectivity index (χ0v) is 44.6. The highest BCUT2D eigenvalue weighted by Crippen LogP contribution is 2.44. The Balaban J connectivity index is 0.937. The fraction of sp³-hybridized carbons (Fsp3) is 0.239. The first kappa shape index (κ1) is 49.4. The average molecular weight is 981 g/mol. The van der Waals surface area contributed by atoms with Crippen molar-refractivity contribution >= 4 is 68.2 Å². The molecule has 2 aliphatic carbocycles. The van der Waals surface area contributed by atoms with E-state index in [4.69, 9.17) is 0 Å². The predicted molar refractivity (Wildman–Crippen MR) is 321 cm³/mol. The van der Waals surface area contributed by atoms with Crippen molar-refractivity contribution in [2.45, 2.75) is 111 Å². The van der Waals surface area contributed by atoms with Crippen LogP contribution in [0.4, 0.5) is 68.2 Å². The highest BCUT2D eigenvalue weighted by Gasteiger charge is 2.23. The standard InChI is InChI=1S/C71H72N4/c1-5-8-11-53-16-30-61(31-17-53)72(60-28-14-52(4)15-29-60)64-38-42-66(43-39-64)74(70-36-26-56-22-24-58(56)50-70)68-46-48-69(49-47-68)75(71-37-27-57-23-25-59(57)51-71)67-44-40-65(41-45-67)73(62-32-18-54(19-33-62)12-9-6-2)63-34-20-55(21-35-63)13-10-7-3/h14-21,26-51H,5-13,22-25H2,1-4H3. The number of anilines is 12. The maximum absolute atomic E-state index is 2.43. The van der Waals surface area contributed by atoms with Crippen LogP contribution < -0.4 is 19.6 Å². The van der Waals surface area contributed by atoms with E-state index in [1.807, 2.05) is 0 Å². The first-order chi connectivity index (χ1) is 36.9. The van der Waals surface area contributed by atoms with Crippen LogP contribution >= 0.6 is 0 Å². The van der Waals surface area contributed by atoms with Gasteiger partial charge in [0.05, 0.1) is 0 Å². The lowest BCUT2D eigenvalue weighted by molar-refractivity contribution is 0.795. The first-order valence-electron chi connectivity index (χ1n) is 28.0. The molecule has 4 heteroatoms. The summed E-state index contributed by atoms with van der Waals surface area (Å²) in [6.07, 6.45) is 15.1. The fourth-order valence-corrected chi connectivity index (χ4v) is 11.0. The molecule has 11 rings (SSSR count). The Morgan fingerprint density at radius 1 is 0.253 bits per heavy atom. The predicted octanol–water partition coefficient (Wildman–Crippen LogP) is 20.1. The normalized spacial score (nSPS) is 12.3. The number of aryl methyl sites for hydroxylation is 8. The summed E-state index contributed by atoms with van der Waals surface area (Å²) in [7, 11) is 0. The van der Waals surface area contributed by atoms with Gasteiger partial charge in [0.2, 0.25) is 0 Å². The maximum atomic E-state index is 2.43. The van der Waals surface area contributed by atoms with Crippen LogP contribution in [0, 0.1) is 6.92 Å². The molecule has 0 bridgehead atoms. The SMILES string of the molecule is CCCCc1ccc(N(c2ccc(C)cc2)c2ccc(N(c3ccc(N(c4ccc(N(c5ccc(CCCC)cc5)c5ccc(CCCC)cc5)cc4)c4ccc5c(c4)CC5)cc3)c3ccc4c(c3)CC4)cc2)cc1. The summed E-state index contributed by atoms with van der Waals surface area (Å²) >= 11 is 0. The topological polar surface area (TPSA) is 13.0 Å². The molecule has 0 saturated carbocycles. The lowest BCUT2D eigenvalue weighted by atomic mass is 9.88. The van der Waals surface area contributed by atoms with Crippen molar-refractivity contribution in [2.75, 3.05) is 19.6 Å². The van der Waals surface area contributed by atoms with Gasteiger partial charge < -0.3 is 19.6 Å². The molecule has 0 atom stereocenters. The highest BCUT2D eigenvalue weighted by atomic mass is 15.2. The van der Waals surface area contributed by atoms with Crippen LogP contribution in [-0.4, -0.2) is 0 Å². The van der Waals surface area contributed by atoms with Crippen molar-refractivity contribution in [3.05, 3.63) is 251 Å². The van der Waals surface area contributed by atoms with Crippen LogP contribution in [-0.2, 0) is 44.9 Å². The van der Waals surface area contributed by atoms with Gasteiger partial charge in [0.1, 0.15) is 0 Å². The molecule has 4 nitrogen and oxygen atoms in total. The lowest BCUT2D eigenvalue weighted by Gasteiger charge is -2.31. The number of hydrogen-bond donors (Lipinski definition) is 0. The summed E-state index contributed by atoms with van der Waals surface area (Å²) in [6, 6.07) is 78.1. The van der Waals surface area contributed by atoms with E-state index in [9.17, 15) is 0 Å². The zero-order chi connectivity index (χ0) is 51.1. The molecular formula is C71H72N4. The van der Waals surface area contributed by atoms with Crippen molar-refractivity contribution < 1.29 is 0 Å². The van der Waals surface area contributed by atoms with E-state index >= 15 is 0 Å². The van der Waals surface area contributed by atoms with Crippen LogP contribution in [0.1, 0.15) is 104 Å². The molecule has 0 amide bonds. The van der Waals surface area contributed by atoms with Crippen molar-refractivity contribution in [1.82, 2.24) is 0 Å². The molecule has 9 aromatic carbocycles. The van der Waals surface area contributed by atoms with E-state index in [1.54, 1.807) is 0 Å². The minimum atomic E-state index is 1.11. The van der Waals surface area contributed by atoms with Crippen LogP contribution in [0.3, 0.4) is 0 Å². The summed E-state index contributed by atoms with van der Waals surface area (Å²) in [5, 5.41) is 0. The number of unbranched alkanes of at least 4 members (excludes halogenated alkanes) is 3. The number of fused-ring (bicyclic) bond motifs is 2. The molecule has 75 heavy (non-hydrogen) atoms. The molecular weight excluding hydrogens is 909 g/mol. The van der Waals surface area contributed by atoms with Crippen LogP contribution in [0.25, 0.3) is 0 Å². The van der Waals surface area contributed by atoms with Gasteiger partial charge in [-0.2, -0.15) is 0 Å². The number of hydrogen-bond acceptors (Lipinski definition) is 4. The van der Waals surface area contributed by atoms with Crippen molar-refractivity contribution in [1.29, 1.82) is 0 Å². The summed E-state index contributed by atoms with van der Waals surface area (Å²) in [6.45, 7) is 8.95. The molecule has 0 heterocycles. The minimum absolute atomic E-state index is 1.11. The molecule has 0 fully saturated rings. The quantitative estimate of drug-likeness (QED) is 0.0711. The van der Waals surface area contributed by atoms with E-state index in [2.05, 4.69) is 254 Å². The van der Waals surface area contributed by atoms with Gasteiger partial charge in [-0.1, -0.05) is 106 Å². The summed E-state index contributed by atoms with van der Waals surface area (Å²) in [4.78, 5) is 9.65. The molecule has 0 spiro atoms. The smallest absolute Gasteiger partial charge is 0.0464 e. The Kier molecular flexibility index (Phi) is 15.0. The van der Waals surface area contributed by atoms with Crippen molar-refractivity contribution in [3.63, 3.8) is 0 Å². The molecule has 0 N–H and O–H groups in total. The monoisotopic (exact) mass is 981 g/mol. The largest absolute Gasteiger partial charge is 0.311 e. The summed E-state index contributed by atoms with van der Waals surface area (Å²) < 4.78 is 0. The number of rotatable bonds is 21. The molecule has 0 saturated heterocycles. The van der Waals surface area contributed by atoms with Gasteiger partial charge in [-0.25, -0.2) is 0 Å². The van der Waals surface area contributed by atoms with Crippen LogP contribution in [0.15, 0.2) is 206 Å². The molecule has 0 radical (unpaired) electrons. The van der Waals surface area contributed by atoms with Gasteiger partial charge in [-0.05, 0) is 256 Å². The second-order valence-corrected chi connectivity index (χ2v) is 20.9. The third-order valence-corrected chi connectivity index (χ3v) is 15.7. The van der Waals surface area contributed by atoms with Crippen LogP contribution in [0.5, 0.6) is 0 Å². The molecule has 0 unspecified atom stereocenters. The molecule has 9 aromatic rings. The fourth-order valence-electron chi connectivity index (χ4n) is 11.0. The molecule has 376 valence electrons. The van der Waals surface area contributed by atoms with E-state index in [0.29, 0.717) is 0 Å². The second-order valence-electron chi connectivity index (χ2n) is 20.9. The highest BCUT2D eigenvalue weighted by molar-refractivity contribution is 5.85. The van der Waals surface area contributed by atoms with Gasteiger partial charge in [-0.3, -0.25) is 0 Å². The summed E-state index contributed by atoms with van der Waals surface area (Å²) in [5.41, 5.74) is 25.0. The Morgan fingerprint density at radius 3 is 0.693 bits per heavy atom. The third kappa shape index (κ3) is 10.9. The molecule has 0 aliphatic heterocycles. The second kappa shape index (κ2) is 22.7. The Bertz CT molecular complexity index is 3250. The van der Waals surface area contributed by atoms with E-state index in [1.165, 1.54) is 106 Å². The Labute approximate surface area is 447 Å². The van der Waals surface area contributed by atoms with Gasteiger partial charge in [0.15, 0.2) is 0 Å². The Hall–Kier alpha value is -7.82. The van der Waals surface area contributed by atoms with E-state index in [0.717, 1.165) is 90.4 Å². The summed E-state index contributed by atoms with van der Waals surface area (Å²) in [5.74, 6) is 0. The molecule has 0 aromatic heterocycles. The average Bonchev–Trinajstić information content (AvgIpc) is 3.44. The van der Waals surface area contributed by atoms with Crippen molar-refractivity contribution in [2.24, 2.45) is 0 Å². The lowest BCUT2D eigenvalue weighted by Crippen LogP contribution is -2.16. The van der Waals surface area contributed by atoms with Crippen molar-refractivity contribution in [3.8, 4) is 0 Å². The van der Waals surface area contributed by atoms with Gasteiger partial charge in [0, 0.05) is 68.2 Å². The number of benzene rings is 9. The van der Waals surface area contributed by atoms with Gasteiger partial charge in [0.25, 0.3) is 0 Å². The number of nitrogens with zero attached hydrogens (tertiary/aromatic N) is 4. The zero-order valence-electron chi connectivity index (χ0n) is 44.6. The van der Waals surface area contributed by atoms with E-state index < -0.39 is 0 Å². The van der Waals surface area contributed by atoms with Gasteiger partial charge in [-0.15, -0.1) is 0 Å². The van der Waals surface area contributed by atoms with Crippen LogP contribution in [0.2, 0.25) is 0 Å². The Morgan fingerprint density at radius 2 is 0.467 bits per heavy atom. The minimum Gasteiger partial charge on any atom is -0.311 e. The third-order valence-electron chi connectivity index (χ3n) is 15.7.